The van der Waals surface area contributed by atoms with Crippen molar-refractivity contribution in [2.24, 2.45) is 5.73 Å². The van der Waals surface area contributed by atoms with Crippen LogP contribution in [0, 0.1) is 18.4 Å². The standard InChI is InChI=1S/C23H23ClN6O2/c1-14-11-16(24)6-9-19(14)32-18-7-4-15(5-8-18)21-20(23(27)31)22(26)30(28-21)17-3-2-10-29(12-17)13-25/h4-9,11,17H,2-3,10,12,26H2,1H3,(H2,27,31)/t17-/m0/s1. The molecule has 1 amide bonds. The van der Waals surface area contributed by atoms with Gasteiger partial charge in [0.2, 0.25) is 0 Å². The molecule has 0 bridgehead atoms. The van der Waals surface area contributed by atoms with Gasteiger partial charge in [0.05, 0.1) is 12.6 Å². The lowest BCUT2D eigenvalue weighted by molar-refractivity contribution is 0.100. The summed E-state index contributed by atoms with van der Waals surface area (Å²) in [6, 6.07) is 12.5. The van der Waals surface area contributed by atoms with E-state index in [9.17, 15) is 10.1 Å². The predicted octanol–water partition coefficient (Wildman–Crippen LogP) is 4.10. The maximum atomic E-state index is 12.2. The number of nitrogen functional groups attached to an aromatic ring is 1. The number of ether oxygens (including phenoxy) is 1. The maximum Gasteiger partial charge on any atom is 0.254 e. The highest BCUT2D eigenvalue weighted by molar-refractivity contribution is 6.30. The van der Waals surface area contributed by atoms with E-state index in [-0.39, 0.29) is 17.4 Å². The highest BCUT2D eigenvalue weighted by atomic mass is 35.5. The number of aryl methyl sites for hydroxylation is 1. The molecule has 3 aromatic rings. The van der Waals surface area contributed by atoms with Gasteiger partial charge in [-0.2, -0.15) is 10.4 Å². The number of benzene rings is 2. The van der Waals surface area contributed by atoms with Crippen molar-refractivity contribution < 1.29 is 9.53 Å². The van der Waals surface area contributed by atoms with Crippen LogP contribution >= 0.6 is 11.6 Å². The Morgan fingerprint density at radius 2 is 2.03 bits per heavy atom. The van der Waals surface area contributed by atoms with Crippen LogP contribution in [-0.4, -0.2) is 33.7 Å². The lowest BCUT2D eigenvalue weighted by Gasteiger charge is -2.29. The third kappa shape index (κ3) is 4.20. The van der Waals surface area contributed by atoms with Crippen LogP contribution in [0.2, 0.25) is 5.02 Å². The molecule has 4 rings (SSSR count). The molecule has 8 nitrogen and oxygen atoms in total. The summed E-state index contributed by atoms with van der Waals surface area (Å²) in [6.07, 6.45) is 3.83. The third-order valence-electron chi connectivity index (χ3n) is 5.57. The molecule has 0 aliphatic carbocycles. The van der Waals surface area contributed by atoms with Gasteiger partial charge in [0.15, 0.2) is 6.19 Å². The number of likely N-dealkylation sites (tertiary alicyclic amines) is 1. The van der Waals surface area contributed by atoms with E-state index in [0.717, 1.165) is 18.4 Å². The van der Waals surface area contributed by atoms with Crippen molar-refractivity contribution in [3.05, 3.63) is 58.6 Å². The number of nitriles is 1. The van der Waals surface area contributed by atoms with Gasteiger partial charge in [-0.1, -0.05) is 11.6 Å². The lowest BCUT2D eigenvalue weighted by atomic mass is 10.1. The fourth-order valence-electron chi connectivity index (χ4n) is 3.95. The Bertz CT molecular complexity index is 1200. The molecule has 164 valence electrons. The van der Waals surface area contributed by atoms with Gasteiger partial charge in [-0.25, -0.2) is 4.68 Å². The van der Waals surface area contributed by atoms with Crippen molar-refractivity contribution in [1.29, 1.82) is 5.26 Å². The van der Waals surface area contributed by atoms with Gasteiger partial charge in [0.25, 0.3) is 5.91 Å². The molecule has 2 heterocycles. The Balaban J connectivity index is 1.64. The largest absolute Gasteiger partial charge is 0.457 e. The number of nitrogens with two attached hydrogens (primary N) is 2. The number of carbonyl (C=O) groups is 1. The van der Waals surface area contributed by atoms with E-state index in [2.05, 4.69) is 11.3 Å². The zero-order valence-corrected chi connectivity index (χ0v) is 18.3. The second-order valence-electron chi connectivity index (χ2n) is 7.80. The SMILES string of the molecule is Cc1cc(Cl)ccc1Oc1ccc(-c2nn([C@H]3CCCN(C#N)C3)c(N)c2C(N)=O)cc1. The van der Waals surface area contributed by atoms with E-state index in [1.165, 1.54) is 0 Å². The molecule has 4 N–H and O–H groups in total. The second-order valence-corrected chi connectivity index (χ2v) is 8.23. The molecule has 1 aliphatic rings. The average Bonchev–Trinajstić information content (AvgIpc) is 3.13. The number of aromatic nitrogens is 2. The number of halogens is 1. The minimum Gasteiger partial charge on any atom is -0.457 e. The first-order valence-corrected chi connectivity index (χ1v) is 10.6. The van der Waals surface area contributed by atoms with Crippen molar-refractivity contribution in [1.82, 2.24) is 14.7 Å². The Morgan fingerprint density at radius 3 is 2.69 bits per heavy atom. The van der Waals surface area contributed by atoms with Gasteiger partial charge in [-0.3, -0.25) is 4.79 Å². The van der Waals surface area contributed by atoms with E-state index in [1.54, 1.807) is 27.8 Å². The molecule has 32 heavy (non-hydrogen) atoms. The molecule has 9 heteroatoms. The Hall–Kier alpha value is -3.70. The number of nitrogens with zero attached hydrogens (tertiary/aromatic N) is 4. The molecule has 1 aliphatic heterocycles. The molecular weight excluding hydrogens is 428 g/mol. The quantitative estimate of drug-likeness (QED) is 0.564. The van der Waals surface area contributed by atoms with Crippen molar-refractivity contribution in [3.63, 3.8) is 0 Å². The predicted molar refractivity (Wildman–Crippen MR) is 122 cm³/mol. The number of hydrogen-bond donors (Lipinski definition) is 2. The summed E-state index contributed by atoms with van der Waals surface area (Å²) in [5, 5.41) is 14.5. The normalized spacial score (nSPS) is 15.9. The lowest BCUT2D eigenvalue weighted by Crippen LogP contribution is -2.34. The van der Waals surface area contributed by atoms with Crippen LogP contribution in [0.25, 0.3) is 11.3 Å². The zero-order valence-electron chi connectivity index (χ0n) is 17.6. The number of carbonyl (C=O) groups excluding carboxylic acids is 1. The number of primary amides is 1. The molecule has 1 fully saturated rings. The van der Waals surface area contributed by atoms with Gasteiger partial charge >= 0.3 is 0 Å². The fraction of sp³-hybridized carbons (Fsp3) is 0.261. The van der Waals surface area contributed by atoms with Gasteiger partial charge in [0.1, 0.15) is 28.6 Å². The van der Waals surface area contributed by atoms with Crippen LogP contribution in [0.5, 0.6) is 11.5 Å². The van der Waals surface area contributed by atoms with Gasteiger partial charge in [-0.05, 0) is 67.8 Å². The second kappa shape index (κ2) is 8.81. The summed E-state index contributed by atoms with van der Waals surface area (Å²) in [5.74, 6) is 0.903. The third-order valence-corrected chi connectivity index (χ3v) is 5.81. The number of rotatable bonds is 5. The molecule has 1 atom stereocenters. The Kier molecular flexibility index (Phi) is 5.93. The maximum absolute atomic E-state index is 12.2. The van der Waals surface area contributed by atoms with E-state index < -0.39 is 5.91 Å². The first kappa shape index (κ1) is 21.5. The van der Waals surface area contributed by atoms with E-state index in [0.29, 0.717) is 40.9 Å². The smallest absolute Gasteiger partial charge is 0.254 e. The topological polar surface area (TPSA) is 123 Å². The van der Waals surface area contributed by atoms with Crippen molar-refractivity contribution >= 4 is 23.3 Å². The average molecular weight is 451 g/mol. The van der Waals surface area contributed by atoms with Crippen LogP contribution in [0.1, 0.15) is 34.8 Å². The van der Waals surface area contributed by atoms with Crippen molar-refractivity contribution in [2.45, 2.75) is 25.8 Å². The summed E-state index contributed by atoms with van der Waals surface area (Å²) >= 11 is 6.01. The fourth-order valence-corrected chi connectivity index (χ4v) is 4.18. The van der Waals surface area contributed by atoms with E-state index >= 15 is 0 Å². The number of hydrogen-bond acceptors (Lipinski definition) is 6. The van der Waals surface area contributed by atoms with Gasteiger partial charge < -0.3 is 21.1 Å². The zero-order chi connectivity index (χ0) is 22.8. The van der Waals surface area contributed by atoms with E-state index in [1.807, 2.05) is 31.2 Å². The minimum atomic E-state index is -0.645. The molecule has 2 aromatic carbocycles. The molecular formula is C23H23ClN6O2. The monoisotopic (exact) mass is 450 g/mol. The molecule has 0 radical (unpaired) electrons. The number of anilines is 1. The summed E-state index contributed by atoms with van der Waals surface area (Å²) < 4.78 is 7.57. The molecule has 0 saturated carbocycles. The molecule has 0 unspecified atom stereocenters. The van der Waals surface area contributed by atoms with E-state index in [4.69, 9.17) is 27.8 Å². The molecule has 1 aromatic heterocycles. The number of piperidine rings is 1. The summed E-state index contributed by atoms with van der Waals surface area (Å²) in [5.41, 5.74) is 14.1. The summed E-state index contributed by atoms with van der Waals surface area (Å²) in [7, 11) is 0. The molecule has 1 saturated heterocycles. The highest BCUT2D eigenvalue weighted by Crippen LogP contribution is 2.34. The first-order chi connectivity index (χ1) is 15.4. The number of amides is 1. The van der Waals surface area contributed by atoms with Crippen LogP contribution in [0.3, 0.4) is 0 Å². The van der Waals surface area contributed by atoms with Crippen molar-refractivity contribution in [3.8, 4) is 28.9 Å². The first-order valence-electron chi connectivity index (χ1n) is 10.2. The van der Waals surface area contributed by atoms with Gasteiger partial charge in [0, 0.05) is 17.1 Å². The summed E-state index contributed by atoms with van der Waals surface area (Å²) in [6.45, 7) is 3.12. The van der Waals surface area contributed by atoms with Crippen molar-refractivity contribution in [2.75, 3.05) is 18.8 Å². The van der Waals surface area contributed by atoms with Crippen LogP contribution in [0.4, 0.5) is 5.82 Å². The Labute approximate surface area is 190 Å². The summed E-state index contributed by atoms with van der Waals surface area (Å²) in [4.78, 5) is 13.9. The molecule has 0 spiro atoms. The van der Waals surface area contributed by atoms with Crippen LogP contribution in [-0.2, 0) is 0 Å². The Morgan fingerprint density at radius 1 is 1.28 bits per heavy atom. The van der Waals surface area contributed by atoms with Gasteiger partial charge in [-0.15, -0.1) is 0 Å². The highest BCUT2D eigenvalue weighted by Gasteiger charge is 2.28. The van der Waals surface area contributed by atoms with Crippen LogP contribution < -0.4 is 16.2 Å². The van der Waals surface area contributed by atoms with Crippen LogP contribution in [0.15, 0.2) is 42.5 Å². The minimum absolute atomic E-state index is 0.106.